The Hall–Kier alpha value is -2.72. The van der Waals surface area contributed by atoms with Crippen molar-refractivity contribution in [2.24, 2.45) is 0 Å². The Morgan fingerprint density at radius 2 is 1.87 bits per heavy atom. The van der Waals surface area contributed by atoms with Gasteiger partial charge in [0.15, 0.2) is 11.0 Å². The number of amides is 1. The van der Waals surface area contributed by atoms with Crippen LogP contribution < -0.4 is 16.0 Å². The molecule has 3 rings (SSSR count). The van der Waals surface area contributed by atoms with Gasteiger partial charge in [-0.3, -0.25) is 9.78 Å². The van der Waals surface area contributed by atoms with Gasteiger partial charge in [-0.25, -0.2) is 0 Å². The number of nitrogens with one attached hydrogen (secondary N) is 3. The molecule has 160 valence electrons. The molecule has 1 aromatic carbocycles. The van der Waals surface area contributed by atoms with Crippen LogP contribution in [0.15, 0.2) is 46.6 Å². The lowest BCUT2D eigenvalue weighted by atomic mass is 10.2. The molecule has 0 radical (unpaired) electrons. The minimum atomic E-state index is -0.0851. The Bertz CT molecular complexity index is 1010. The number of carbonyl (C=O) groups is 1. The molecule has 2 heterocycles. The van der Waals surface area contributed by atoms with Crippen molar-refractivity contribution < 1.29 is 6.22 Å². The van der Waals surface area contributed by atoms with Crippen LogP contribution in [0.1, 0.15) is 8.35 Å². The first-order valence-corrected chi connectivity index (χ1v) is 11.7. The third kappa shape index (κ3) is 5.06. The van der Waals surface area contributed by atoms with Gasteiger partial charge in [0.25, 0.3) is 0 Å². The van der Waals surface area contributed by atoms with Gasteiger partial charge in [0, 0.05) is 32.6 Å². The molecule has 0 unspecified atom stereocenters. The summed E-state index contributed by atoms with van der Waals surface area (Å²) < 4.78 is 1.96. The van der Waals surface area contributed by atoms with E-state index in [2.05, 4.69) is 31.1 Å². The van der Waals surface area contributed by atoms with Gasteiger partial charge >= 0.3 is 0 Å². The van der Waals surface area contributed by atoms with Gasteiger partial charge in [-0.2, -0.15) is 0 Å². The second kappa shape index (κ2) is 10.4. The van der Waals surface area contributed by atoms with E-state index in [1.54, 1.807) is 18.0 Å². The number of hydrogen-bond acceptors (Lipinski definition) is 8. The smallest absolute Gasteiger partial charge is 0.234 e. The molecule has 3 N–H and O–H groups in total. The Morgan fingerprint density at radius 1 is 1.13 bits per heavy atom. The van der Waals surface area contributed by atoms with Gasteiger partial charge in [-0.05, 0) is 43.5 Å². The summed E-state index contributed by atoms with van der Waals surface area (Å²) in [6.45, 7) is 2.69. The molecule has 0 saturated carbocycles. The van der Waals surface area contributed by atoms with E-state index in [1.807, 2.05) is 62.2 Å². The van der Waals surface area contributed by atoms with Crippen LogP contribution in [0.4, 0.5) is 17.1 Å². The highest BCUT2D eigenvalue weighted by Gasteiger charge is 2.17. The van der Waals surface area contributed by atoms with Crippen LogP contribution in [-0.2, 0) is 11.3 Å². The molecule has 0 aliphatic rings. The van der Waals surface area contributed by atoms with Crippen LogP contribution in [0.2, 0.25) is 0 Å². The molecule has 0 aliphatic carbocycles. The number of benzene rings is 1. The molecular formula is C20H27N7OS2. The fourth-order valence-corrected chi connectivity index (χ4v) is 4.07. The van der Waals surface area contributed by atoms with E-state index in [0.717, 1.165) is 27.7 Å². The summed E-state index contributed by atoms with van der Waals surface area (Å²) in [5.41, 5.74) is 3.33. The van der Waals surface area contributed by atoms with Crippen LogP contribution in [0.5, 0.6) is 0 Å². The van der Waals surface area contributed by atoms with Crippen molar-refractivity contribution in [1.82, 2.24) is 19.7 Å². The van der Waals surface area contributed by atoms with Gasteiger partial charge < -0.3 is 20.5 Å². The van der Waals surface area contributed by atoms with Crippen LogP contribution in [0, 0.1) is 0 Å². The third-order valence-corrected chi connectivity index (χ3v) is 6.12. The van der Waals surface area contributed by atoms with Gasteiger partial charge in [0.05, 0.1) is 23.3 Å². The average Bonchev–Trinajstić information content (AvgIpc) is 3.20. The van der Waals surface area contributed by atoms with E-state index in [-0.39, 0.29) is 13.1 Å². The molecule has 0 atom stereocenters. The molecule has 2 aromatic heterocycles. The Morgan fingerprint density at radius 3 is 2.50 bits per heavy atom. The molecule has 0 aliphatic heterocycles. The SMILES string of the molecule is CCn1c(SCC(=O)Nc2ccc(SC)cc2)nnc1-c1cc(NC)c(NC)cn1.[HH]. The number of anilines is 3. The van der Waals surface area contributed by atoms with E-state index < -0.39 is 0 Å². The Labute approximate surface area is 186 Å². The molecule has 3 aromatic rings. The number of nitrogens with zero attached hydrogens (tertiary/aromatic N) is 4. The molecule has 8 nitrogen and oxygen atoms in total. The Kier molecular flexibility index (Phi) is 7.58. The molecule has 30 heavy (non-hydrogen) atoms. The second-order valence-electron chi connectivity index (χ2n) is 6.23. The summed E-state index contributed by atoms with van der Waals surface area (Å²) in [5, 5.41) is 18.4. The first-order valence-electron chi connectivity index (χ1n) is 9.45. The topological polar surface area (TPSA) is 96.8 Å². The molecular weight excluding hydrogens is 418 g/mol. The predicted octanol–water partition coefficient (Wildman–Crippen LogP) is 4.14. The van der Waals surface area contributed by atoms with Gasteiger partial charge in [-0.1, -0.05) is 11.8 Å². The molecule has 0 saturated heterocycles. The van der Waals surface area contributed by atoms with Crippen LogP contribution in [-0.4, -0.2) is 51.8 Å². The molecule has 0 spiro atoms. The van der Waals surface area contributed by atoms with Crippen molar-refractivity contribution in [3.63, 3.8) is 0 Å². The first-order chi connectivity index (χ1) is 14.6. The maximum atomic E-state index is 12.3. The number of carbonyl (C=O) groups excluding carboxylic acids is 1. The summed E-state index contributed by atoms with van der Waals surface area (Å²) in [6.07, 6.45) is 3.78. The van der Waals surface area contributed by atoms with E-state index in [1.165, 1.54) is 11.8 Å². The fourth-order valence-electron chi connectivity index (χ4n) is 2.86. The van der Waals surface area contributed by atoms with E-state index in [9.17, 15) is 4.79 Å². The quantitative estimate of drug-likeness (QED) is 0.423. The highest BCUT2D eigenvalue weighted by Crippen LogP contribution is 2.28. The number of hydrogen-bond donors (Lipinski definition) is 3. The maximum Gasteiger partial charge on any atom is 0.234 e. The fraction of sp³-hybridized carbons (Fsp3) is 0.300. The van der Waals surface area contributed by atoms with Crippen LogP contribution in [0.3, 0.4) is 0 Å². The lowest BCUT2D eigenvalue weighted by Gasteiger charge is -2.11. The summed E-state index contributed by atoms with van der Waals surface area (Å²) in [7, 11) is 3.71. The summed E-state index contributed by atoms with van der Waals surface area (Å²) in [5.74, 6) is 0.835. The van der Waals surface area contributed by atoms with Gasteiger partial charge in [0.1, 0.15) is 5.69 Å². The van der Waals surface area contributed by atoms with Gasteiger partial charge in [0.2, 0.25) is 5.91 Å². The van der Waals surface area contributed by atoms with Crippen LogP contribution in [0.25, 0.3) is 11.5 Å². The zero-order valence-corrected chi connectivity index (χ0v) is 19.0. The first kappa shape index (κ1) is 22.0. The van der Waals surface area contributed by atoms with Crippen molar-refractivity contribution in [3.05, 3.63) is 36.5 Å². The van der Waals surface area contributed by atoms with Gasteiger partial charge in [-0.15, -0.1) is 22.0 Å². The van der Waals surface area contributed by atoms with E-state index >= 15 is 0 Å². The lowest BCUT2D eigenvalue weighted by molar-refractivity contribution is -0.113. The van der Waals surface area contributed by atoms with Crippen molar-refractivity contribution >= 4 is 46.5 Å². The minimum Gasteiger partial charge on any atom is -0.386 e. The van der Waals surface area contributed by atoms with Crippen molar-refractivity contribution in [2.45, 2.75) is 23.5 Å². The third-order valence-electron chi connectivity index (χ3n) is 4.41. The minimum absolute atomic E-state index is 0. The molecule has 1 amide bonds. The highest BCUT2D eigenvalue weighted by molar-refractivity contribution is 7.99. The predicted molar refractivity (Wildman–Crippen MR) is 128 cm³/mol. The zero-order valence-electron chi connectivity index (χ0n) is 17.4. The normalized spacial score (nSPS) is 10.7. The average molecular weight is 446 g/mol. The summed E-state index contributed by atoms with van der Waals surface area (Å²) in [6, 6.07) is 9.71. The number of pyridine rings is 1. The molecule has 0 fully saturated rings. The van der Waals surface area contributed by atoms with E-state index in [0.29, 0.717) is 17.5 Å². The summed E-state index contributed by atoms with van der Waals surface area (Å²) in [4.78, 5) is 18.0. The zero-order chi connectivity index (χ0) is 21.5. The monoisotopic (exact) mass is 445 g/mol. The highest BCUT2D eigenvalue weighted by atomic mass is 32.2. The second-order valence-corrected chi connectivity index (χ2v) is 8.05. The van der Waals surface area contributed by atoms with Crippen molar-refractivity contribution in [2.75, 3.05) is 42.1 Å². The lowest BCUT2D eigenvalue weighted by Crippen LogP contribution is -2.14. The standard InChI is InChI=1S/C20H25N7OS2.H2/c1-5-27-19(16-10-15(21-2)17(22-3)11-23-16)25-26-20(27)30-12-18(28)24-13-6-8-14(29-4)9-7-13;/h6-11,22H,5,12H2,1-4H3,(H,21,23)(H,24,28);1H. The summed E-state index contributed by atoms with van der Waals surface area (Å²) >= 11 is 3.02. The Balaban J connectivity index is 0.00000341. The van der Waals surface area contributed by atoms with Crippen molar-refractivity contribution in [1.29, 1.82) is 0 Å². The van der Waals surface area contributed by atoms with Crippen molar-refractivity contribution in [3.8, 4) is 11.5 Å². The largest absolute Gasteiger partial charge is 0.386 e. The number of rotatable bonds is 9. The van der Waals surface area contributed by atoms with E-state index in [4.69, 9.17) is 0 Å². The van der Waals surface area contributed by atoms with Crippen LogP contribution >= 0.6 is 23.5 Å². The molecule has 10 heteroatoms. The molecule has 0 bridgehead atoms. The maximum absolute atomic E-state index is 12.3. The number of thioether (sulfide) groups is 2. The number of aromatic nitrogens is 4.